The zero-order valence-corrected chi connectivity index (χ0v) is 10.0. The van der Waals surface area contributed by atoms with E-state index in [0.717, 1.165) is 0 Å². The van der Waals surface area contributed by atoms with Gasteiger partial charge in [0.15, 0.2) is 0 Å². The average Bonchev–Trinajstić information content (AvgIpc) is 2.60. The molecule has 0 unspecified atom stereocenters. The van der Waals surface area contributed by atoms with Crippen molar-refractivity contribution in [1.29, 1.82) is 0 Å². The maximum atomic E-state index is 13.9. The number of benzene rings is 1. The van der Waals surface area contributed by atoms with Gasteiger partial charge < -0.3 is 5.11 Å². The molecule has 0 bridgehead atoms. The first-order chi connectivity index (χ1) is 8.49. The summed E-state index contributed by atoms with van der Waals surface area (Å²) in [6.45, 7) is 3.67. The van der Waals surface area contributed by atoms with E-state index < -0.39 is 11.8 Å². The van der Waals surface area contributed by atoms with Crippen LogP contribution < -0.4 is 0 Å². The van der Waals surface area contributed by atoms with Crippen LogP contribution in [0.1, 0.15) is 27.6 Å². The lowest BCUT2D eigenvalue weighted by Crippen LogP contribution is -2.09. The van der Waals surface area contributed by atoms with Gasteiger partial charge in [-0.15, -0.1) is 0 Å². The van der Waals surface area contributed by atoms with E-state index in [0.29, 0.717) is 11.6 Å². The third-order valence-electron chi connectivity index (χ3n) is 2.59. The number of hydrogen-bond acceptors (Lipinski definition) is 3. The van der Waals surface area contributed by atoms with Crippen LogP contribution in [0.2, 0.25) is 0 Å². The number of hydrogen-bond donors (Lipinski definition) is 1. The summed E-state index contributed by atoms with van der Waals surface area (Å²) in [4.78, 5) is 14.9. The number of nitrogens with zero attached hydrogens (tertiary/aromatic N) is 3. The SMILES string of the molecule is Cc1nc(C)n(Cc2cccc(C(=O)O)c2F)n1. The van der Waals surface area contributed by atoms with E-state index in [4.69, 9.17) is 5.11 Å². The maximum absolute atomic E-state index is 13.9. The van der Waals surface area contributed by atoms with Crippen molar-refractivity contribution >= 4 is 5.97 Å². The van der Waals surface area contributed by atoms with E-state index in [-0.39, 0.29) is 17.7 Å². The Bertz CT molecular complexity index is 607. The number of carbonyl (C=O) groups is 1. The number of carboxylic acids is 1. The molecule has 0 amide bonds. The lowest BCUT2D eigenvalue weighted by Gasteiger charge is -2.06. The molecule has 18 heavy (non-hydrogen) atoms. The predicted octanol–water partition coefficient (Wildman–Crippen LogP) is 1.78. The molecular weight excluding hydrogens is 237 g/mol. The molecule has 6 heteroatoms. The highest BCUT2D eigenvalue weighted by Crippen LogP contribution is 2.14. The van der Waals surface area contributed by atoms with Gasteiger partial charge in [-0.1, -0.05) is 12.1 Å². The Kier molecular flexibility index (Phi) is 3.10. The van der Waals surface area contributed by atoms with E-state index >= 15 is 0 Å². The Labute approximate surface area is 103 Å². The van der Waals surface area contributed by atoms with Gasteiger partial charge in [0.1, 0.15) is 17.5 Å². The van der Waals surface area contributed by atoms with E-state index in [2.05, 4.69) is 10.1 Å². The van der Waals surface area contributed by atoms with Gasteiger partial charge in [-0.3, -0.25) is 0 Å². The van der Waals surface area contributed by atoms with E-state index in [1.54, 1.807) is 18.5 Å². The molecule has 94 valence electrons. The summed E-state index contributed by atoms with van der Waals surface area (Å²) in [5, 5.41) is 13.0. The highest BCUT2D eigenvalue weighted by Gasteiger charge is 2.14. The first-order valence-corrected chi connectivity index (χ1v) is 5.37. The van der Waals surface area contributed by atoms with Crippen LogP contribution in [0.4, 0.5) is 4.39 Å². The molecule has 1 N–H and O–H groups in total. The Morgan fingerprint density at radius 2 is 2.17 bits per heavy atom. The van der Waals surface area contributed by atoms with Gasteiger partial charge in [-0.2, -0.15) is 5.10 Å². The topological polar surface area (TPSA) is 68.0 Å². The zero-order chi connectivity index (χ0) is 13.3. The third-order valence-corrected chi connectivity index (χ3v) is 2.59. The fourth-order valence-electron chi connectivity index (χ4n) is 1.74. The first-order valence-electron chi connectivity index (χ1n) is 5.37. The third kappa shape index (κ3) is 2.22. The number of rotatable bonds is 3. The molecule has 0 aliphatic rings. The minimum atomic E-state index is -1.28. The van der Waals surface area contributed by atoms with Gasteiger partial charge in [0.2, 0.25) is 0 Å². The van der Waals surface area contributed by atoms with Crippen LogP contribution in [0.5, 0.6) is 0 Å². The van der Waals surface area contributed by atoms with Crippen LogP contribution in [0.3, 0.4) is 0 Å². The number of carboxylic acid groups (broad SMARTS) is 1. The molecule has 0 aliphatic carbocycles. The van der Waals surface area contributed by atoms with Crippen molar-refractivity contribution in [2.45, 2.75) is 20.4 Å². The van der Waals surface area contributed by atoms with Gasteiger partial charge in [0.25, 0.3) is 0 Å². The molecule has 1 heterocycles. The fraction of sp³-hybridized carbons (Fsp3) is 0.250. The molecule has 0 atom stereocenters. The molecular formula is C12H12FN3O2. The van der Waals surface area contributed by atoms with Crippen molar-refractivity contribution in [2.75, 3.05) is 0 Å². The standard InChI is InChI=1S/C12H12FN3O2/c1-7-14-8(2)16(15-7)6-9-4-3-5-10(11(9)13)12(17)18/h3-5H,6H2,1-2H3,(H,17,18). The normalized spacial score (nSPS) is 10.6. The summed E-state index contributed by atoms with van der Waals surface area (Å²) in [5.41, 5.74) is -0.0510. The Morgan fingerprint density at radius 3 is 2.72 bits per heavy atom. The summed E-state index contributed by atoms with van der Waals surface area (Å²) in [7, 11) is 0. The van der Waals surface area contributed by atoms with Crippen molar-refractivity contribution in [2.24, 2.45) is 0 Å². The summed E-state index contributed by atoms with van der Waals surface area (Å²) < 4.78 is 15.4. The Balaban J connectivity index is 2.38. The van der Waals surface area contributed by atoms with E-state index in [9.17, 15) is 9.18 Å². The molecule has 2 rings (SSSR count). The zero-order valence-electron chi connectivity index (χ0n) is 10.0. The largest absolute Gasteiger partial charge is 0.478 e. The molecule has 0 saturated heterocycles. The lowest BCUT2D eigenvalue weighted by molar-refractivity contribution is 0.0691. The highest BCUT2D eigenvalue weighted by atomic mass is 19.1. The van der Waals surface area contributed by atoms with E-state index in [1.165, 1.54) is 18.2 Å². The molecule has 0 saturated carbocycles. The summed E-state index contributed by atoms with van der Waals surface area (Å²) >= 11 is 0. The van der Waals surface area contributed by atoms with Crippen LogP contribution in [0, 0.1) is 19.7 Å². The van der Waals surface area contributed by atoms with Crippen LogP contribution in [-0.2, 0) is 6.54 Å². The van der Waals surface area contributed by atoms with Crippen LogP contribution in [0.15, 0.2) is 18.2 Å². The number of aromatic carboxylic acids is 1. The molecule has 0 spiro atoms. The molecule has 5 nitrogen and oxygen atoms in total. The number of aromatic nitrogens is 3. The Hall–Kier alpha value is -2.24. The summed E-state index contributed by atoms with van der Waals surface area (Å²) in [5.74, 6) is -0.742. The second-order valence-electron chi connectivity index (χ2n) is 3.95. The lowest BCUT2D eigenvalue weighted by atomic mass is 10.1. The second kappa shape index (κ2) is 4.56. The van der Waals surface area contributed by atoms with Crippen molar-refractivity contribution in [3.8, 4) is 0 Å². The van der Waals surface area contributed by atoms with Gasteiger partial charge >= 0.3 is 5.97 Å². The van der Waals surface area contributed by atoms with Gasteiger partial charge in [-0.05, 0) is 19.9 Å². The average molecular weight is 249 g/mol. The summed E-state index contributed by atoms with van der Waals surface area (Å²) in [6, 6.07) is 4.29. The summed E-state index contributed by atoms with van der Waals surface area (Å²) in [6.07, 6.45) is 0. The number of aryl methyl sites for hydroxylation is 2. The molecule has 0 radical (unpaired) electrons. The van der Waals surface area contributed by atoms with Gasteiger partial charge in [0.05, 0.1) is 12.1 Å². The number of halogens is 1. The van der Waals surface area contributed by atoms with Crippen molar-refractivity contribution in [3.05, 3.63) is 46.8 Å². The van der Waals surface area contributed by atoms with Crippen LogP contribution in [0.25, 0.3) is 0 Å². The van der Waals surface area contributed by atoms with Crippen LogP contribution in [-0.4, -0.2) is 25.8 Å². The molecule has 0 aliphatic heterocycles. The molecule has 0 fully saturated rings. The Morgan fingerprint density at radius 1 is 1.44 bits per heavy atom. The molecule has 1 aromatic heterocycles. The van der Waals surface area contributed by atoms with Crippen molar-refractivity contribution in [3.63, 3.8) is 0 Å². The first kappa shape index (κ1) is 12.2. The maximum Gasteiger partial charge on any atom is 0.338 e. The van der Waals surface area contributed by atoms with Crippen molar-refractivity contribution in [1.82, 2.24) is 14.8 Å². The van der Waals surface area contributed by atoms with E-state index in [1.807, 2.05) is 0 Å². The predicted molar refractivity (Wildman–Crippen MR) is 62.0 cm³/mol. The minimum Gasteiger partial charge on any atom is -0.478 e. The molecule has 1 aromatic carbocycles. The molecule has 2 aromatic rings. The smallest absolute Gasteiger partial charge is 0.338 e. The van der Waals surface area contributed by atoms with Gasteiger partial charge in [0, 0.05) is 5.56 Å². The quantitative estimate of drug-likeness (QED) is 0.900. The second-order valence-corrected chi connectivity index (χ2v) is 3.95. The van der Waals surface area contributed by atoms with Gasteiger partial charge in [-0.25, -0.2) is 18.9 Å². The van der Waals surface area contributed by atoms with Crippen molar-refractivity contribution < 1.29 is 14.3 Å². The highest BCUT2D eigenvalue weighted by molar-refractivity contribution is 5.88. The minimum absolute atomic E-state index is 0.166. The fourth-order valence-corrected chi connectivity index (χ4v) is 1.74. The van der Waals surface area contributed by atoms with Crippen LogP contribution >= 0.6 is 0 Å². The monoisotopic (exact) mass is 249 g/mol.